The van der Waals surface area contributed by atoms with E-state index in [4.69, 9.17) is 5.73 Å². The Bertz CT molecular complexity index is 322. The van der Waals surface area contributed by atoms with Crippen molar-refractivity contribution in [2.24, 2.45) is 11.7 Å². The van der Waals surface area contributed by atoms with E-state index in [1.165, 1.54) is 12.0 Å². The van der Waals surface area contributed by atoms with Crippen LogP contribution in [0.2, 0.25) is 0 Å². The molecule has 1 unspecified atom stereocenters. The van der Waals surface area contributed by atoms with Gasteiger partial charge in [0.2, 0.25) is 5.91 Å². The lowest BCUT2D eigenvalue weighted by Gasteiger charge is -2.10. The van der Waals surface area contributed by atoms with Crippen LogP contribution >= 0.6 is 0 Å². The van der Waals surface area contributed by atoms with Crippen molar-refractivity contribution in [1.82, 2.24) is 0 Å². The van der Waals surface area contributed by atoms with Crippen LogP contribution in [0.5, 0.6) is 0 Å². The molecule has 18 heavy (non-hydrogen) atoms. The van der Waals surface area contributed by atoms with E-state index in [0.717, 1.165) is 42.7 Å². The second-order valence-corrected chi connectivity index (χ2v) is 5.31. The summed E-state index contributed by atoms with van der Waals surface area (Å²) in [5.74, 6) is 0.470. The fraction of sp³-hybridized carbons (Fsp3) is 0.688. The molecule has 2 heteroatoms. The zero-order valence-corrected chi connectivity index (χ0v) is 12.7. The maximum Gasteiger partial charge on any atom is 0.244 e. The quantitative estimate of drug-likeness (QED) is 0.505. The standard InChI is InChI=1S/C16H29NO/c1-6-13(5)8-9-14(7-2)10-11-15(12(3)4)16(17)18/h9,13H,6-8,10-11H2,1-5H3,(H2,17,18)/b14-9-. The highest BCUT2D eigenvalue weighted by Gasteiger charge is 2.08. The van der Waals surface area contributed by atoms with Crippen LogP contribution in [0.25, 0.3) is 0 Å². The molecule has 2 N–H and O–H groups in total. The van der Waals surface area contributed by atoms with Gasteiger partial charge in [-0.2, -0.15) is 0 Å². The predicted molar refractivity (Wildman–Crippen MR) is 79.2 cm³/mol. The Balaban J connectivity index is 4.47. The van der Waals surface area contributed by atoms with E-state index in [1.807, 2.05) is 13.8 Å². The number of hydrogen-bond donors (Lipinski definition) is 1. The van der Waals surface area contributed by atoms with Gasteiger partial charge in [-0.25, -0.2) is 0 Å². The molecule has 0 aromatic rings. The molecule has 0 aromatic heterocycles. The largest absolute Gasteiger partial charge is 0.366 e. The van der Waals surface area contributed by atoms with Gasteiger partial charge < -0.3 is 5.73 Å². The summed E-state index contributed by atoms with van der Waals surface area (Å²) in [5, 5.41) is 0. The fourth-order valence-corrected chi connectivity index (χ4v) is 1.86. The lowest BCUT2D eigenvalue weighted by atomic mass is 9.96. The zero-order chi connectivity index (χ0) is 14.1. The Morgan fingerprint density at radius 2 is 1.83 bits per heavy atom. The third-order valence-electron chi connectivity index (χ3n) is 3.56. The first-order chi connectivity index (χ1) is 8.42. The van der Waals surface area contributed by atoms with Crippen molar-refractivity contribution in [3.8, 4) is 0 Å². The number of primary amides is 1. The Hall–Kier alpha value is -1.05. The van der Waals surface area contributed by atoms with E-state index in [1.54, 1.807) is 0 Å². The molecule has 0 heterocycles. The summed E-state index contributed by atoms with van der Waals surface area (Å²) in [5.41, 5.74) is 8.66. The second kappa shape index (κ2) is 8.96. The molecular weight excluding hydrogens is 222 g/mol. The molecule has 0 aliphatic heterocycles. The van der Waals surface area contributed by atoms with Gasteiger partial charge >= 0.3 is 0 Å². The van der Waals surface area contributed by atoms with Crippen LogP contribution < -0.4 is 5.73 Å². The lowest BCUT2D eigenvalue weighted by molar-refractivity contribution is -0.114. The fourth-order valence-electron chi connectivity index (χ4n) is 1.86. The molecule has 0 bridgehead atoms. The van der Waals surface area contributed by atoms with Crippen LogP contribution in [0, 0.1) is 5.92 Å². The molecule has 0 aromatic carbocycles. The highest BCUT2D eigenvalue weighted by Crippen LogP contribution is 2.19. The first kappa shape index (κ1) is 16.9. The van der Waals surface area contributed by atoms with Crippen molar-refractivity contribution < 1.29 is 4.79 Å². The van der Waals surface area contributed by atoms with Gasteiger partial charge in [0, 0.05) is 5.57 Å². The molecule has 0 radical (unpaired) electrons. The van der Waals surface area contributed by atoms with Gasteiger partial charge in [0.1, 0.15) is 0 Å². The van der Waals surface area contributed by atoms with E-state index >= 15 is 0 Å². The monoisotopic (exact) mass is 251 g/mol. The number of amides is 1. The molecule has 1 amide bonds. The Morgan fingerprint density at radius 3 is 2.22 bits per heavy atom. The third-order valence-corrected chi connectivity index (χ3v) is 3.56. The van der Waals surface area contributed by atoms with Crippen molar-refractivity contribution in [1.29, 1.82) is 0 Å². The van der Waals surface area contributed by atoms with Gasteiger partial charge in [0.25, 0.3) is 0 Å². The Kier molecular flexibility index (Phi) is 8.43. The number of allylic oxidation sites excluding steroid dienone is 3. The summed E-state index contributed by atoms with van der Waals surface area (Å²) in [6.07, 6.45) is 7.49. The summed E-state index contributed by atoms with van der Waals surface area (Å²) in [7, 11) is 0. The first-order valence-corrected chi connectivity index (χ1v) is 7.06. The minimum Gasteiger partial charge on any atom is -0.366 e. The van der Waals surface area contributed by atoms with Crippen LogP contribution in [-0.2, 0) is 4.79 Å². The SMILES string of the molecule is CC/C(=C/CC(C)CC)CCC(C(N)=O)=C(C)C. The summed E-state index contributed by atoms with van der Waals surface area (Å²) in [6, 6.07) is 0. The lowest BCUT2D eigenvalue weighted by Crippen LogP contribution is -2.15. The first-order valence-electron chi connectivity index (χ1n) is 7.06. The molecule has 0 aliphatic carbocycles. The van der Waals surface area contributed by atoms with E-state index in [9.17, 15) is 4.79 Å². The van der Waals surface area contributed by atoms with E-state index in [0.29, 0.717) is 0 Å². The van der Waals surface area contributed by atoms with Crippen molar-refractivity contribution in [2.75, 3.05) is 0 Å². The summed E-state index contributed by atoms with van der Waals surface area (Å²) in [4.78, 5) is 11.3. The van der Waals surface area contributed by atoms with Gasteiger partial charge in [-0.15, -0.1) is 0 Å². The molecule has 0 aliphatic rings. The molecule has 0 rings (SSSR count). The van der Waals surface area contributed by atoms with Crippen molar-refractivity contribution in [3.63, 3.8) is 0 Å². The van der Waals surface area contributed by atoms with Crippen LogP contribution in [0.3, 0.4) is 0 Å². The average molecular weight is 251 g/mol. The number of carbonyl (C=O) groups excluding carboxylic acids is 1. The van der Waals surface area contributed by atoms with Crippen LogP contribution in [0.1, 0.15) is 66.7 Å². The van der Waals surface area contributed by atoms with Crippen molar-refractivity contribution >= 4 is 5.91 Å². The molecule has 0 fully saturated rings. The van der Waals surface area contributed by atoms with E-state index in [-0.39, 0.29) is 5.91 Å². The molecule has 2 nitrogen and oxygen atoms in total. The normalized spacial score (nSPS) is 13.3. The van der Waals surface area contributed by atoms with Gasteiger partial charge in [-0.05, 0) is 45.4 Å². The van der Waals surface area contributed by atoms with Crippen molar-refractivity contribution in [3.05, 3.63) is 22.8 Å². The second-order valence-electron chi connectivity index (χ2n) is 5.31. The van der Waals surface area contributed by atoms with Crippen LogP contribution in [-0.4, -0.2) is 5.91 Å². The molecule has 104 valence electrons. The Labute approximate surface area is 112 Å². The summed E-state index contributed by atoms with van der Waals surface area (Å²) < 4.78 is 0. The maximum atomic E-state index is 11.3. The summed E-state index contributed by atoms with van der Waals surface area (Å²) in [6.45, 7) is 10.6. The smallest absolute Gasteiger partial charge is 0.244 e. The van der Waals surface area contributed by atoms with Crippen molar-refractivity contribution in [2.45, 2.75) is 66.7 Å². The van der Waals surface area contributed by atoms with E-state index in [2.05, 4.69) is 26.8 Å². The highest BCUT2D eigenvalue weighted by molar-refractivity contribution is 5.92. The molecule has 0 saturated heterocycles. The molecular formula is C16H29NO. The Morgan fingerprint density at radius 1 is 1.22 bits per heavy atom. The number of carbonyl (C=O) groups is 1. The average Bonchev–Trinajstić information content (AvgIpc) is 2.31. The maximum absolute atomic E-state index is 11.3. The number of hydrogen-bond acceptors (Lipinski definition) is 1. The number of rotatable bonds is 8. The van der Waals surface area contributed by atoms with Crippen LogP contribution in [0.4, 0.5) is 0 Å². The van der Waals surface area contributed by atoms with Gasteiger partial charge in [0.15, 0.2) is 0 Å². The minimum atomic E-state index is -0.271. The molecule has 0 spiro atoms. The third kappa shape index (κ3) is 6.63. The molecule has 1 atom stereocenters. The summed E-state index contributed by atoms with van der Waals surface area (Å²) >= 11 is 0. The zero-order valence-electron chi connectivity index (χ0n) is 12.7. The minimum absolute atomic E-state index is 0.271. The molecule has 0 saturated carbocycles. The topological polar surface area (TPSA) is 43.1 Å². The van der Waals surface area contributed by atoms with Crippen LogP contribution in [0.15, 0.2) is 22.8 Å². The highest BCUT2D eigenvalue weighted by atomic mass is 16.1. The number of nitrogens with two attached hydrogens (primary N) is 1. The van der Waals surface area contributed by atoms with Gasteiger partial charge in [-0.3, -0.25) is 4.79 Å². The van der Waals surface area contributed by atoms with Gasteiger partial charge in [0.05, 0.1) is 0 Å². The predicted octanol–water partition coefficient (Wildman–Crippen LogP) is 4.36. The van der Waals surface area contributed by atoms with E-state index < -0.39 is 0 Å². The van der Waals surface area contributed by atoms with Gasteiger partial charge in [-0.1, -0.05) is 44.4 Å².